The molecule has 2 rings (SSSR count). The van der Waals surface area contributed by atoms with Crippen molar-refractivity contribution >= 4 is 42.3 Å². The molecule has 0 bridgehead atoms. The van der Waals surface area contributed by atoms with E-state index in [9.17, 15) is 4.79 Å². The van der Waals surface area contributed by atoms with Crippen LogP contribution in [0.3, 0.4) is 0 Å². The van der Waals surface area contributed by atoms with E-state index in [1.54, 1.807) is 0 Å². The van der Waals surface area contributed by atoms with Gasteiger partial charge >= 0.3 is 0 Å². The molecule has 5 nitrogen and oxygen atoms in total. The minimum absolute atomic E-state index is 0. The summed E-state index contributed by atoms with van der Waals surface area (Å²) in [7, 11) is 0. The van der Waals surface area contributed by atoms with Gasteiger partial charge in [-0.15, -0.1) is 24.8 Å². The molecule has 0 aromatic heterocycles. The predicted molar refractivity (Wildman–Crippen MR) is 102 cm³/mol. The highest BCUT2D eigenvalue weighted by Crippen LogP contribution is 2.27. The van der Waals surface area contributed by atoms with Gasteiger partial charge in [0.1, 0.15) is 0 Å². The fourth-order valence-corrected chi connectivity index (χ4v) is 2.81. The fourth-order valence-electron chi connectivity index (χ4n) is 2.55. The van der Waals surface area contributed by atoms with Crippen molar-refractivity contribution < 1.29 is 9.53 Å². The average Bonchev–Trinajstić information content (AvgIpc) is 2.56. The molecule has 0 aliphatic carbocycles. The summed E-state index contributed by atoms with van der Waals surface area (Å²) >= 11 is 6.35. The lowest BCUT2D eigenvalue weighted by Crippen LogP contribution is -2.45. The summed E-state index contributed by atoms with van der Waals surface area (Å²) in [5.41, 5.74) is 6.58. The SMILES string of the molecule is CC(CN)C(=O)NCC(c1ccccc1Cl)N1CCOCC1.Cl.Cl. The van der Waals surface area contributed by atoms with E-state index in [0.29, 0.717) is 26.3 Å². The lowest BCUT2D eigenvalue weighted by Gasteiger charge is -2.35. The number of nitrogens with two attached hydrogens (primary N) is 1. The number of nitrogens with zero attached hydrogens (tertiary/aromatic N) is 1. The van der Waals surface area contributed by atoms with E-state index in [0.717, 1.165) is 23.7 Å². The molecule has 1 saturated heterocycles. The van der Waals surface area contributed by atoms with Crippen LogP contribution >= 0.6 is 36.4 Å². The molecule has 1 aromatic rings. The normalized spacial score (nSPS) is 17.1. The van der Waals surface area contributed by atoms with Crippen LogP contribution in [0.25, 0.3) is 0 Å². The summed E-state index contributed by atoms with van der Waals surface area (Å²) in [5, 5.41) is 3.72. The molecular formula is C16H26Cl3N3O2. The molecule has 1 aliphatic rings. The average molecular weight is 399 g/mol. The zero-order chi connectivity index (χ0) is 15.9. The van der Waals surface area contributed by atoms with Crippen LogP contribution in [0.2, 0.25) is 5.02 Å². The second-order valence-electron chi connectivity index (χ2n) is 5.57. The highest BCUT2D eigenvalue weighted by Gasteiger charge is 2.25. The first-order chi connectivity index (χ1) is 10.6. The minimum Gasteiger partial charge on any atom is -0.379 e. The van der Waals surface area contributed by atoms with Crippen LogP contribution in [-0.2, 0) is 9.53 Å². The van der Waals surface area contributed by atoms with Crippen LogP contribution in [0, 0.1) is 5.92 Å². The van der Waals surface area contributed by atoms with Crippen molar-refractivity contribution in [2.75, 3.05) is 39.4 Å². The van der Waals surface area contributed by atoms with E-state index >= 15 is 0 Å². The Morgan fingerprint density at radius 1 is 1.33 bits per heavy atom. The number of hydrogen-bond acceptors (Lipinski definition) is 4. The standard InChI is InChI=1S/C16H24ClN3O2.2ClH/c1-12(10-18)16(21)19-11-15(20-6-8-22-9-7-20)13-4-2-3-5-14(13)17;;/h2-5,12,15H,6-11,18H2,1H3,(H,19,21);2*1H. The Hall–Kier alpha value is -0.560. The number of morpholine rings is 1. The maximum Gasteiger partial charge on any atom is 0.224 e. The van der Waals surface area contributed by atoms with E-state index < -0.39 is 0 Å². The van der Waals surface area contributed by atoms with Gasteiger partial charge in [-0.1, -0.05) is 36.7 Å². The van der Waals surface area contributed by atoms with Gasteiger partial charge in [0.15, 0.2) is 0 Å². The number of amides is 1. The molecule has 0 spiro atoms. The van der Waals surface area contributed by atoms with Crippen molar-refractivity contribution in [3.63, 3.8) is 0 Å². The summed E-state index contributed by atoms with van der Waals surface area (Å²) in [4.78, 5) is 14.3. The summed E-state index contributed by atoms with van der Waals surface area (Å²) in [5.74, 6) is -0.204. The van der Waals surface area contributed by atoms with Crippen LogP contribution in [0.15, 0.2) is 24.3 Å². The van der Waals surface area contributed by atoms with E-state index in [2.05, 4.69) is 10.2 Å². The lowest BCUT2D eigenvalue weighted by molar-refractivity contribution is -0.124. The van der Waals surface area contributed by atoms with E-state index in [1.165, 1.54) is 0 Å². The van der Waals surface area contributed by atoms with Crippen LogP contribution in [0.1, 0.15) is 18.5 Å². The molecule has 1 heterocycles. The van der Waals surface area contributed by atoms with Gasteiger partial charge in [-0.3, -0.25) is 9.69 Å². The van der Waals surface area contributed by atoms with Crippen molar-refractivity contribution in [3.8, 4) is 0 Å². The van der Waals surface area contributed by atoms with E-state index in [-0.39, 0.29) is 42.7 Å². The van der Waals surface area contributed by atoms with Crippen LogP contribution in [0.5, 0.6) is 0 Å². The van der Waals surface area contributed by atoms with Crippen molar-refractivity contribution in [2.45, 2.75) is 13.0 Å². The smallest absolute Gasteiger partial charge is 0.224 e. The summed E-state index contributed by atoms with van der Waals surface area (Å²) in [6.45, 7) is 5.76. The molecule has 1 aliphatic heterocycles. The first-order valence-electron chi connectivity index (χ1n) is 7.67. The number of carbonyl (C=O) groups excluding carboxylic acids is 1. The van der Waals surface area contributed by atoms with E-state index in [4.69, 9.17) is 22.1 Å². The summed E-state index contributed by atoms with van der Waals surface area (Å²) in [6.07, 6.45) is 0. The maximum absolute atomic E-state index is 12.0. The van der Waals surface area contributed by atoms with Gasteiger partial charge in [0, 0.05) is 37.1 Å². The molecule has 3 N–H and O–H groups in total. The largest absolute Gasteiger partial charge is 0.379 e. The Balaban J connectivity index is 0.00000264. The van der Waals surface area contributed by atoms with Crippen LogP contribution in [0.4, 0.5) is 0 Å². The summed E-state index contributed by atoms with van der Waals surface area (Å²) < 4.78 is 5.42. The Morgan fingerprint density at radius 2 is 1.96 bits per heavy atom. The predicted octanol–water partition coefficient (Wildman–Crippen LogP) is 2.27. The first kappa shape index (κ1) is 23.4. The van der Waals surface area contributed by atoms with Crippen molar-refractivity contribution in [3.05, 3.63) is 34.9 Å². The molecule has 1 fully saturated rings. The molecule has 2 atom stereocenters. The maximum atomic E-state index is 12.0. The number of hydrogen-bond donors (Lipinski definition) is 2. The summed E-state index contributed by atoms with van der Waals surface area (Å²) in [6, 6.07) is 7.83. The van der Waals surface area contributed by atoms with Gasteiger partial charge in [-0.25, -0.2) is 0 Å². The highest BCUT2D eigenvalue weighted by atomic mass is 35.5. The second-order valence-corrected chi connectivity index (χ2v) is 5.97. The molecule has 2 unspecified atom stereocenters. The molecule has 0 saturated carbocycles. The Kier molecular flexibility index (Phi) is 11.6. The van der Waals surface area contributed by atoms with Gasteiger partial charge in [0.2, 0.25) is 5.91 Å². The molecule has 24 heavy (non-hydrogen) atoms. The molecular weight excluding hydrogens is 373 g/mol. The molecule has 8 heteroatoms. The molecule has 138 valence electrons. The Bertz CT molecular complexity index is 499. The third-order valence-electron chi connectivity index (χ3n) is 4.02. The zero-order valence-electron chi connectivity index (χ0n) is 13.7. The van der Waals surface area contributed by atoms with Crippen molar-refractivity contribution in [1.29, 1.82) is 0 Å². The fraction of sp³-hybridized carbons (Fsp3) is 0.562. The van der Waals surface area contributed by atoms with Gasteiger partial charge in [-0.2, -0.15) is 0 Å². The van der Waals surface area contributed by atoms with Crippen molar-refractivity contribution in [1.82, 2.24) is 10.2 Å². The van der Waals surface area contributed by atoms with Crippen molar-refractivity contribution in [2.24, 2.45) is 11.7 Å². The van der Waals surface area contributed by atoms with Gasteiger partial charge in [0.25, 0.3) is 0 Å². The zero-order valence-corrected chi connectivity index (χ0v) is 16.1. The topological polar surface area (TPSA) is 67.6 Å². The number of ether oxygens (including phenoxy) is 1. The monoisotopic (exact) mass is 397 g/mol. The first-order valence-corrected chi connectivity index (χ1v) is 8.05. The van der Waals surface area contributed by atoms with Gasteiger partial charge in [-0.05, 0) is 11.6 Å². The third kappa shape index (κ3) is 6.39. The Labute approximate surface area is 161 Å². The van der Waals surface area contributed by atoms with E-state index in [1.807, 2.05) is 31.2 Å². The Morgan fingerprint density at radius 3 is 2.54 bits per heavy atom. The molecule has 0 radical (unpaired) electrons. The number of rotatable bonds is 6. The quantitative estimate of drug-likeness (QED) is 0.771. The second kappa shape index (κ2) is 11.9. The van der Waals surface area contributed by atoms with Crippen LogP contribution < -0.4 is 11.1 Å². The van der Waals surface area contributed by atoms with Gasteiger partial charge in [0.05, 0.1) is 19.3 Å². The molecule has 1 aromatic carbocycles. The van der Waals surface area contributed by atoms with Gasteiger partial charge < -0.3 is 15.8 Å². The third-order valence-corrected chi connectivity index (χ3v) is 4.37. The number of benzene rings is 1. The lowest BCUT2D eigenvalue weighted by atomic mass is 10.0. The highest BCUT2D eigenvalue weighted by molar-refractivity contribution is 6.31. The molecule has 1 amide bonds. The van der Waals surface area contributed by atoms with Crippen LogP contribution in [-0.4, -0.2) is 50.2 Å². The number of halogens is 3. The number of nitrogens with one attached hydrogen (secondary N) is 1. The minimum atomic E-state index is -0.184. The number of carbonyl (C=O) groups is 1.